The van der Waals surface area contributed by atoms with Crippen LogP contribution in [0.15, 0.2) is 24.3 Å². The molecule has 0 spiro atoms. The summed E-state index contributed by atoms with van der Waals surface area (Å²) in [6.07, 6.45) is 4.27. The lowest BCUT2D eigenvalue weighted by Gasteiger charge is -2.26. The van der Waals surface area contributed by atoms with Crippen molar-refractivity contribution in [1.29, 1.82) is 0 Å². The Hall–Kier alpha value is -1.94. The monoisotopic (exact) mass is 338 g/mol. The fourth-order valence-electron chi connectivity index (χ4n) is 4.80. The number of carbonyl (C=O) groups is 1. The molecule has 1 N–H and O–H groups in total. The van der Waals surface area contributed by atoms with Gasteiger partial charge >= 0.3 is 0 Å². The zero-order valence-corrected chi connectivity index (χ0v) is 15.1. The molecule has 2 heterocycles. The highest BCUT2D eigenvalue weighted by molar-refractivity contribution is 6.06. The first-order valence-electron chi connectivity index (χ1n) is 9.37. The Morgan fingerprint density at radius 2 is 2.24 bits per heavy atom. The SMILES string of the molecule is CCc1ccc2nc(C)cc(C(=O)N3C[C@H]4CCC[C@@]4(CO)C3)c2c1. The van der Waals surface area contributed by atoms with Crippen molar-refractivity contribution in [2.75, 3.05) is 19.7 Å². The minimum Gasteiger partial charge on any atom is -0.396 e. The van der Waals surface area contributed by atoms with Crippen LogP contribution in [-0.2, 0) is 6.42 Å². The normalized spacial score (nSPS) is 25.6. The van der Waals surface area contributed by atoms with Gasteiger partial charge in [0.05, 0.1) is 17.7 Å². The molecule has 25 heavy (non-hydrogen) atoms. The standard InChI is InChI=1S/C21H26N2O2/c1-3-15-6-7-19-17(10-15)18(9-14(2)22-19)20(25)23-11-16-5-4-8-21(16,12-23)13-24/h6-7,9-10,16,24H,3-5,8,11-13H2,1-2H3/t16-,21+/m1/s1. The van der Waals surface area contributed by atoms with Gasteiger partial charge in [0, 0.05) is 29.6 Å². The summed E-state index contributed by atoms with van der Waals surface area (Å²) in [7, 11) is 0. The van der Waals surface area contributed by atoms with Crippen molar-refractivity contribution >= 4 is 16.8 Å². The van der Waals surface area contributed by atoms with Crippen molar-refractivity contribution in [2.45, 2.75) is 39.5 Å². The van der Waals surface area contributed by atoms with Gasteiger partial charge in [-0.05, 0) is 55.9 Å². The number of fused-ring (bicyclic) bond motifs is 2. The van der Waals surface area contributed by atoms with Crippen LogP contribution in [0.3, 0.4) is 0 Å². The molecule has 4 heteroatoms. The van der Waals surface area contributed by atoms with E-state index in [0.717, 1.165) is 48.0 Å². The molecule has 2 aromatic rings. The van der Waals surface area contributed by atoms with Crippen molar-refractivity contribution in [2.24, 2.45) is 11.3 Å². The van der Waals surface area contributed by atoms with E-state index in [9.17, 15) is 9.90 Å². The maximum atomic E-state index is 13.3. The molecule has 0 bridgehead atoms. The first-order chi connectivity index (χ1) is 12.1. The lowest BCUT2D eigenvalue weighted by molar-refractivity contribution is 0.0736. The number of pyridine rings is 1. The Bertz CT molecular complexity index is 832. The number of aryl methyl sites for hydroxylation is 2. The van der Waals surface area contributed by atoms with Gasteiger partial charge in [0.25, 0.3) is 5.91 Å². The van der Waals surface area contributed by atoms with Crippen molar-refractivity contribution < 1.29 is 9.90 Å². The van der Waals surface area contributed by atoms with E-state index in [1.807, 2.05) is 24.0 Å². The fourth-order valence-corrected chi connectivity index (χ4v) is 4.80. The average Bonchev–Trinajstić information content (AvgIpc) is 3.17. The maximum absolute atomic E-state index is 13.3. The minimum absolute atomic E-state index is 0.0673. The number of aliphatic hydroxyl groups is 1. The van der Waals surface area contributed by atoms with Crippen LogP contribution in [0.1, 0.15) is 47.8 Å². The largest absolute Gasteiger partial charge is 0.396 e. The number of rotatable bonds is 3. The number of nitrogens with zero attached hydrogens (tertiary/aromatic N) is 2. The van der Waals surface area contributed by atoms with Gasteiger partial charge < -0.3 is 10.0 Å². The maximum Gasteiger partial charge on any atom is 0.254 e. The van der Waals surface area contributed by atoms with E-state index in [-0.39, 0.29) is 17.9 Å². The Kier molecular flexibility index (Phi) is 4.03. The summed E-state index contributed by atoms with van der Waals surface area (Å²) in [6, 6.07) is 8.13. The first kappa shape index (κ1) is 16.5. The molecule has 0 unspecified atom stereocenters. The molecule has 2 atom stereocenters. The lowest BCUT2D eigenvalue weighted by atomic mass is 9.82. The van der Waals surface area contributed by atoms with E-state index < -0.39 is 0 Å². The van der Waals surface area contributed by atoms with Crippen molar-refractivity contribution in [3.05, 3.63) is 41.1 Å². The van der Waals surface area contributed by atoms with Gasteiger partial charge in [0.2, 0.25) is 0 Å². The highest BCUT2D eigenvalue weighted by Crippen LogP contribution is 2.48. The van der Waals surface area contributed by atoms with Gasteiger partial charge in [-0.15, -0.1) is 0 Å². The molecule has 1 saturated heterocycles. The molecule has 1 aromatic heterocycles. The van der Waals surface area contributed by atoms with Crippen LogP contribution < -0.4 is 0 Å². The van der Waals surface area contributed by atoms with Crippen molar-refractivity contribution in [1.82, 2.24) is 9.88 Å². The molecule has 2 fully saturated rings. The van der Waals surface area contributed by atoms with Crippen LogP contribution in [0.5, 0.6) is 0 Å². The van der Waals surface area contributed by atoms with Crippen LogP contribution in [0.25, 0.3) is 10.9 Å². The number of aliphatic hydroxyl groups excluding tert-OH is 1. The summed E-state index contributed by atoms with van der Waals surface area (Å²) in [4.78, 5) is 19.9. The number of hydrogen-bond donors (Lipinski definition) is 1. The first-order valence-corrected chi connectivity index (χ1v) is 9.37. The molecule has 1 saturated carbocycles. The molecule has 0 radical (unpaired) electrons. The second-order valence-corrected chi connectivity index (χ2v) is 7.81. The number of aromatic nitrogens is 1. The third kappa shape index (κ3) is 2.63. The van der Waals surface area contributed by atoms with E-state index in [2.05, 4.69) is 24.0 Å². The highest BCUT2D eigenvalue weighted by atomic mass is 16.3. The number of likely N-dealkylation sites (tertiary alicyclic amines) is 1. The topological polar surface area (TPSA) is 53.4 Å². The minimum atomic E-state index is -0.0673. The van der Waals surface area contributed by atoms with Gasteiger partial charge in [0.1, 0.15) is 0 Å². The molecular weight excluding hydrogens is 312 g/mol. The lowest BCUT2D eigenvalue weighted by Crippen LogP contribution is -2.34. The number of benzene rings is 1. The molecule has 132 valence electrons. The molecule has 1 aromatic carbocycles. The van der Waals surface area contributed by atoms with Gasteiger partial charge in [-0.1, -0.05) is 19.4 Å². The second kappa shape index (κ2) is 6.10. The van der Waals surface area contributed by atoms with Crippen LogP contribution in [0.2, 0.25) is 0 Å². The predicted octanol–water partition coefficient (Wildman–Crippen LogP) is 3.34. The van der Waals surface area contributed by atoms with Gasteiger partial charge in [0.15, 0.2) is 0 Å². The smallest absolute Gasteiger partial charge is 0.254 e. The summed E-state index contributed by atoms with van der Waals surface area (Å²) < 4.78 is 0. The predicted molar refractivity (Wildman–Crippen MR) is 98.6 cm³/mol. The van der Waals surface area contributed by atoms with Gasteiger partial charge in [-0.2, -0.15) is 0 Å². The highest BCUT2D eigenvalue weighted by Gasteiger charge is 2.50. The van der Waals surface area contributed by atoms with Crippen LogP contribution in [0, 0.1) is 18.3 Å². The fraction of sp³-hybridized carbons (Fsp3) is 0.524. The molecule has 1 aliphatic heterocycles. The van der Waals surface area contributed by atoms with E-state index in [0.29, 0.717) is 12.5 Å². The Balaban J connectivity index is 1.73. The van der Waals surface area contributed by atoms with E-state index in [1.54, 1.807) is 0 Å². The Morgan fingerprint density at radius 3 is 2.96 bits per heavy atom. The number of hydrogen-bond acceptors (Lipinski definition) is 3. The summed E-state index contributed by atoms with van der Waals surface area (Å²) in [5.74, 6) is 0.535. The van der Waals surface area contributed by atoms with E-state index >= 15 is 0 Å². The van der Waals surface area contributed by atoms with Gasteiger partial charge in [-0.25, -0.2) is 0 Å². The van der Waals surface area contributed by atoms with E-state index in [1.165, 1.54) is 12.0 Å². The van der Waals surface area contributed by atoms with E-state index in [4.69, 9.17) is 0 Å². The average molecular weight is 338 g/mol. The summed E-state index contributed by atoms with van der Waals surface area (Å²) in [6.45, 7) is 5.71. The third-order valence-electron chi connectivity index (χ3n) is 6.28. The summed E-state index contributed by atoms with van der Waals surface area (Å²) >= 11 is 0. The van der Waals surface area contributed by atoms with Crippen LogP contribution >= 0.6 is 0 Å². The number of amides is 1. The molecule has 2 aliphatic rings. The number of carbonyl (C=O) groups excluding carboxylic acids is 1. The molecular formula is C21H26N2O2. The van der Waals surface area contributed by atoms with Crippen LogP contribution in [0.4, 0.5) is 0 Å². The molecule has 4 nitrogen and oxygen atoms in total. The quantitative estimate of drug-likeness (QED) is 0.934. The second-order valence-electron chi connectivity index (χ2n) is 7.81. The molecule has 1 aliphatic carbocycles. The summed E-state index contributed by atoms with van der Waals surface area (Å²) in [5.41, 5.74) is 3.67. The third-order valence-corrected chi connectivity index (χ3v) is 6.28. The molecule has 1 amide bonds. The summed E-state index contributed by atoms with van der Waals surface area (Å²) in [5, 5.41) is 10.9. The Morgan fingerprint density at radius 1 is 1.40 bits per heavy atom. The zero-order chi connectivity index (χ0) is 17.6. The van der Waals surface area contributed by atoms with Crippen molar-refractivity contribution in [3.8, 4) is 0 Å². The van der Waals surface area contributed by atoms with Gasteiger partial charge in [-0.3, -0.25) is 9.78 Å². The zero-order valence-electron chi connectivity index (χ0n) is 15.1. The Labute approximate surface area is 148 Å². The molecule has 4 rings (SSSR count). The van der Waals surface area contributed by atoms with Crippen LogP contribution in [-0.4, -0.2) is 40.6 Å². The van der Waals surface area contributed by atoms with Crippen molar-refractivity contribution in [3.63, 3.8) is 0 Å².